The molecule has 1 aromatic carbocycles. The summed E-state index contributed by atoms with van der Waals surface area (Å²) in [6, 6.07) is 5.89. The van der Waals surface area contributed by atoms with Crippen molar-refractivity contribution in [3.05, 3.63) is 34.4 Å². The van der Waals surface area contributed by atoms with Crippen LogP contribution in [-0.4, -0.2) is 10.8 Å². The lowest BCUT2D eigenvalue weighted by Crippen LogP contribution is -2.28. The number of amides is 1. The van der Waals surface area contributed by atoms with Crippen LogP contribution in [0.2, 0.25) is 0 Å². The lowest BCUT2D eigenvalue weighted by atomic mass is 10.3. The molecular formula is C9H11N3O3. The summed E-state index contributed by atoms with van der Waals surface area (Å²) in [6.07, 6.45) is 0.349. The predicted molar refractivity (Wildman–Crippen MR) is 55.2 cm³/mol. The van der Waals surface area contributed by atoms with E-state index in [1.807, 2.05) is 0 Å². The molecule has 0 aliphatic rings. The third-order valence-corrected chi connectivity index (χ3v) is 1.72. The number of nitro groups is 1. The zero-order valence-corrected chi connectivity index (χ0v) is 8.19. The molecule has 0 saturated carbocycles. The summed E-state index contributed by atoms with van der Waals surface area (Å²) in [5, 5.41) is 10.4. The molecule has 0 aromatic heterocycles. The van der Waals surface area contributed by atoms with Gasteiger partial charge in [-0.3, -0.25) is 25.8 Å². The number of carbonyl (C=O) groups excluding carboxylic acids is 1. The fraction of sp³-hybridized carbons (Fsp3) is 0.222. The quantitative estimate of drug-likeness (QED) is 0.580. The molecule has 0 heterocycles. The van der Waals surface area contributed by atoms with E-state index in [1.165, 1.54) is 12.1 Å². The maximum absolute atomic E-state index is 10.9. The van der Waals surface area contributed by atoms with Crippen molar-refractivity contribution in [2.45, 2.75) is 13.3 Å². The largest absolute Gasteiger partial charge is 0.298 e. The molecule has 0 spiro atoms. The molecule has 80 valence electrons. The Morgan fingerprint density at radius 3 is 2.87 bits per heavy atom. The fourth-order valence-electron chi connectivity index (χ4n) is 0.927. The summed E-state index contributed by atoms with van der Waals surface area (Å²) in [7, 11) is 0. The molecule has 0 radical (unpaired) electrons. The minimum Gasteiger partial charge on any atom is -0.298 e. The third-order valence-electron chi connectivity index (χ3n) is 1.72. The summed E-state index contributed by atoms with van der Waals surface area (Å²) in [5.74, 6) is -0.179. The second-order valence-electron chi connectivity index (χ2n) is 2.83. The van der Waals surface area contributed by atoms with E-state index in [2.05, 4.69) is 10.9 Å². The number of nitrogens with zero attached hydrogens (tertiary/aromatic N) is 1. The fourth-order valence-corrected chi connectivity index (χ4v) is 0.927. The highest BCUT2D eigenvalue weighted by Gasteiger charge is 2.05. The van der Waals surface area contributed by atoms with Crippen molar-refractivity contribution >= 4 is 17.3 Å². The maximum atomic E-state index is 10.9. The van der Waals surface area contributed by atoms with Gasteiger partial charge in [-0.15, -0.1) is 0 Å². The minimum absolute atomic E-state index is 0.0225. The third kappa shape index (κ3) is 3.26. The average molecular weight is 209 g/mol. The Morgan fingerprint density at radius 1 is 1.53 bits per heavy atom. The number of hydrogen-bond acceptors (Lipinski definition) is 4. The molecule has 1 rings (SSSR count). The summed E-state index contributed by atoms with van der Waals surface area (Å²) >= 11 is 0. The highest BCUT2D eigenvalue weighted by Crippen LogP contribution is 2.15. The van der Waals surface area contributed by atoms with E-state index in [-0.39, 0.29) is 11.6 Å². The first-order chi connectivity index (χ1) is 7.13. The van der Waals surface area contributed by atoms with Gasteiger partial charge in [0.05, 0.1) is 10.6 Å². The number of benzene rings is 1. The summed E-state index contributed by atoms with van der Waals surface area (Å²) in [4.78, 5) is 20.8. The molecule has 0 bridgehead atoms. The summed E-state index contributed by atoms with van der Waals surface area (Å²) < 4.78 is 0. The number of nitrogens with one attached hydrogen (secondary N) is 2. The highest BCUT2D eigenvalue weighted by molar-refractivity contribution is 5.77. The molecule has 0 aliphatic heterocycles. The molecule has 0 fully saturated rings. The van der Waals surface area contributed by atoms with Crippen LogP contribution in [-0.2, 0) is 4.79 Å². The van der Waals surface area contributed by atoms with Crippen LogP contribution >= 0.6 is 0 Å². The van der Waals surface area contributed by atoms with Gasteiger partial charge in [-0.05, 0) is 6.07 Å². The summed E-state index contributed by atoms with van der Waals surface area (Å²) in [6.45, 7) is 1.71. The van der Waals surface area contributed by atoms with Crippen LogP contribution in [0.25, 0.3) is 0 Å². The van der Waals surface area contributed by atoms with Gasteiger partial charge in [0.25, 0.3) is 5.69 Å². The van der Waals surface area contributed by atoms with Gasteiger partial charge in [-0.1, -0.05) is 13.0 Å². The zero-order chi connectivity index (χ0) is 11.3. The van der Waals surface area contributed by atoms with Crippen LogP contribution in [0.5, 0.6) is 0 Å². The molecule has 6 nitrogen and oxygen atoms in total. The van der Waals surface area contributed by atoms with Gasteiger partial charge in [0.2, 0.25) is 5.91 Å². The topological polar surface area (TPSA) is 84.3 Å². The SMILES string of the molecule is CCC(=O)NNc1cccc([N+](=O)[O-])c1. The average Bonchev–Trinajstić information content (AvgIpc) is 2.26. The smallest absolute Gasteiger partial charge is 0.271 e. The van der Waals surface area contributed by atoms with Crippen LogP contribution in [0.15, 0.2) is 24.3 Å². The van der Waals surface area contributed by atoms with Gasteiger partial charge in [0.1, 0.15) is 0 Å². The molecule has 6 heteroatoms. The Labute approximate surface area is 86.4 Å². The first-order valence-electron chi connectivity index (χ1n) is 4.42. The van der Waals surface area contributed by atoms with Gasteiger partial charge in [0.15, 0.2) is 0 Å². The van der Waals surface area contributed by atoms with Crippen LogP contribution < -0.4 is 10.9 Å². The Balaban J connectivity index is 2.66. The molecule has 0 unspecified atom stereocenters. The molecular weight excluding hydrogens is 198 g/mol. The first kappa shape index (κ1) is 11.0. The Morgan fingerprint density at radius 2 is 2.27 bits per heavy atom. The van der Waals surface area contributed by atoms with Crippen LogP contribution in [0.1, 0.15) is 13.3 Å². The van der Waals surface area contributed by atoms with Gasteiger partial charge in [-0.2, -0.15) is 0 Å². The normalized spacial score (nSPS) is 9.40. The van der Waals surface area contributed by atoms with E-state index in [4.69, 9.17) is 0 Å². The van der Waals surface area contributed by atoms with Gasteiger partial charge in [-0.25, -0.2) is 0 Å². The molecule has 0 atom stereocenters. The van der Waals surface area contributed by atoms with E-state index in [9.17, 15) is 14.9 Å². The van der Waals surface area contributed by atoms with Crippen molar-refractivity contribution in [1.29, 1.82) is 0 Å². The Kier molecular flexibility index (Phi) is 3.61. The first-order valence-corrected chi connectivity index (χ1v) is 4.42. The van der Waals surface area contributed by atoms with Crippen molar-refractivity contribution in [2.24, 2.45) is 0 Å². The van der Waals surface area contributed by atoms with Crippen molar-refractivity contribution in [1.82, 2.24) is 5.43 Å². The molecule has 1 amide bonds. The van der Waals surface area contributed by atoms with Crippen molar-refractivity contribution in [3.8, 4) is 0 Å². The standard InChI is InChI=1S/C9H11N3O3/c1-2-9(13)11-10-7-4-3-5-8(6-7)12(14)15/h3-6,10H,2H2,1H3,(H,11,13). The van der Waals surface area contributed by atoms with E-state index < -0.39 is 4.92 Å². The molecule has 0 aliphatic carbocycles. The number of nitro benzene ring substituents is 1. The lowest BCUT2D eigenvalue weighted by molar-refractivity contribution is -0.384. The summed E-state index contributed by atoms with van der Waals surface area (Å²) in [5.41, 5.74) is 5.45. The van der Waals surface area contributed by atoms with E-state index in [1.54, 1.807) is 19.1 Å². The van der Waals surface area contributed by atoms with E-state index in [0.717, 1.165) is 0 Å². The van der Waals surface area contributed by atoms with Crippen molar-refractivity contribution in [3.63, 3.8) is 0 Å². The number of hydrazine groups is 1. The van der Waals surface area contributed by atoms with E-state index >= 15 is 0 Å². The molecule has 0 saturated heterocycles. The van der Waals surface area contributed by atoms with Crippen LogP contribution in [0.4, 0.5) is 11.4 Å². The van der Waals surface area contributed by atoms with Crippen LogP contribution in [0, 0.1) is 10.1 Å². The Bertz CT molecular complexity index is 379. The Hall–Kier alpha value is -2.11. The molecule has 2 N–H and O–H groups in total. The van der Waals surface area contributed by atoms with Crippen LogP contribution in [0.3, 0.4) is 0 Å². The van der Waals surface area contributed by atoms with Gasteiger partial charge < -0.3 is 0 Å². The van der Waals surface area contributed by atoms with Gasteiger partial charge >= 0.3 is 0 Å². The molecule has 15 heavy (non-hydrogen) atoms. The monoisotopic (exact) mass is 209 g/mol. The van der Waals surface area contributed by atoms with Gasteiger partial charge in [0, 0.05) is 18.6 Å². The highest BCUT2D eigenvalue weighted by atomic mass is 16.6. The van der Waals surface area contributed by atoms with E-state index in [0.29, 0.717) is 12.1 Å². The molecule has 1 aromatic rings. The number of rotatable bonds is 4. The number of anilines is 1. The zero-order valence-electron chi connectivity index (χ0n) is 8.19. The second-order valence-corrected chi connectivity index (χ2v) is 2.83. The number of non-ortho nitro benzene ring substituents is 1. The lowest BCUT2D eigenvalue weighted by Gasteiger charge is -2.06. The van der Waals surface area contributed by atoms with Crippen molar-refractivity contribution in [2.75, 3.05) is 5.43 Å². The predicted octanol–water partition coefficient (Wildman–Crippen LogP) is 1.45. The number of hydrogen-bond donors (Lipinski definition) is 2. The van der Waals surface area contributed by atoms with Crippen molar-refractivity contribution < 1.29 is 9.72 Å². The maximum Gasteiger partial charge on any atom is 0.271 e. The minimum atomic E-state index is -0.493. The second kappa shape index (κ2) is 4.94. The number of carbonyl (C=O) groups is 1.